The molecule has 2 aromatic rings. The zero-order valence-corrected chi connectivity index (χ0v) is 15.1. The topological polar surface area (TPSA) is 82.0 Å². The Labute approximate surface area is 154 Å². The van der Waals surface area contributed by atoms with Gasteiger partial charge >= 0.3 is 0 Å². The predicted molar refractivity (Wildman–Crippen MR) is 98.9 cm³/mol. The molecule has 0 aromatic heterocycles. The number of anilines is 2. The van der Waals surface area contributed by atoms with E-state index < -0.39 is 0 Å². The van der Waals surface area contributed by atoms with Crippen molar-refractivity contribution in [2.75, 3.05) is 10.6 Å². The smallest absolute Gasteiger partial charge is 0.228 e. The summed E-state index contributed by atoms with van der Waals surface area (Å²) in [6.45, 7) is 1.97. The highest BCUT2D eigenvalue weighted by atomic mass is 79.9. The van der Waals surface area contributed by atoms with Gasteiger partial charge in [0.2, 0.25) is 11.8 Å². The highest BCUT2D eigenvalue weighted by molar-refractivity contribution is 9.10. The Kier molecular flexibility index (Phi) is 4.86. The van der Waals surface area contributed by atoms with Crippen molar-refractivity contribution in [2.45, 2.75) is 13.3 Å². The molecule has 1 saturated carbocycles. The molecule has 2 unspecified atom stereocenters. The van der Waals surface area contributed by atoms with Crippen molar-refractivity contribution >= 4 is 39.1 Å². The van der Waals surface area contributed by atoms with Gasteiger partial charge in [-0.2, -0.15) is 5.26 Å². The maximum Gasteiger partial charge on any atom is 0.228 e. The quantitative estimate of drug-likeness (QED) is 0.821. The van der Waals surface area contributed by atoms with E-state index in [0.717, 1.165) is 10.0 Å². The monoisotopic (exact) mass is 397 g/mol. The van der Waals surface area contributed by atoms with E-state index in [9.17, 15) is 9.59 Å². The largest absolute Gasteiger partial charge is 0.326 e. The molecule has 1 fully saturated rings. The summed E-state index contributed by atoms with van der Waals surface area (Å²) in [5.41, 5.74) is 2.66. The lowest BCUT2D eigenvalue weighted by atomic mass is 10.2. The first-order chi connectivity index (χ1) is 12.0. The van der Waals surface area contributed by atoms with E-state index in [1.54, 1.807) is 24.3 Å². The molecule has 0 spiro atoms. The number of halogens is 1. The van der Waals surface area contributed by atoms with Gasteiger partial charge < -0.3 is 10.6 Å². The molecule has 1 aliphatic carbocycles. The summed E-state index contributed by atoms with van der Waals surface area (Å²) in [6.07, 6.45) is 0.513. The average molecular weight is 398 g/mol. The molecule has 6 heteroatoms. The molecule has 25 heavy (non-hydrogen) atoms. The van der Waals surface area contributed by atoms with Gasteiger partial charge in [0.15, 0.2) is 0 Å². The molecule has 2 N–H and O–H groups in total. The van der Waals surface area contributed by atoms with Crippen LogP contribution in [0.2, 0.25) is 0 Å². The third-order valence-electron chi connectivity index (χ3n) is 4.21. The SMILES string of the molecule is Cc1ccc(NC(=O)C2CC2C(=O)Nc2ccccc2C#N)cc1Br. The van der Waals surface area contributed by atoms with Crippen LogP contribution < -0.4 is 10.6 Å². The molecule has 0 saturated heterocycles. The van der Waals surface area contributed by atoms with Crippen molar-refractivity contribution in [1.29, 1.82) is 5.26 Å². The number of carbonyl (C=O) groups is 2. The fraction of sp³-hybridized carbons (Fsp3) is 0.211. The van der Waals surface area contributed by atoms with Gasteiger partial charge in [-0.25, -0.2) is 0 Å². The van der Waals surface area contributed by atoms with Crippen LogP contribution >= 0.6 is 15.9 Å². The number of nitrogens with zero attached hydrogens (tertiary/aromatic N) is 1. The number of para-hydroxylation sites is 1. The summed E-state index contributed by atoms with van der Waals surface area (Å²) >= 11 is 3.43. The van der Waals surface area contributed by atoms with Gasteiger partial charge in [-0.05, 0) is 43.2 Å². The minimum absolute atomic E-state index is 0.163. The van der Waals surface area contributed by atoms with Crippen molar-refractivity contribution in [2.24, 2.45) is 11.8 Å². The predicted octanol–water partition coefficient (Wildman–Crippen LogP) is 3.84. The fourth-order valence-corrected chi connectivity index (χ4v) is 2.97. The number of rotatable bonds is 4. The second kappa shape index (κ2) is 7.08. The van der Waals surface area contributed by atoms with Crippen molar-refractivity contribution in [3.8, 4) is 6.07 Å². The standard InChI is InChI=1S/C19H16BrN3O2/c1-11-6-7-13(8-16(11)20)22-18(24)14-9-15(14)19(25)23-17-5-3-2-4-12(17)10-21/h2-8,14-15H,9H2,1H3,(H,22,24)(H,23,25). The third kappa shape index (κ3) is 3.89. The van der Waals surface area contributed by atoms with Gasteiger partial charge in [-0.15, -0.1) is 0 Å². The number of amides is 2. The lowest BCUT2D eigenvalue weighted by Crippen LogP contribution is -2.21. The van der Waals surface area contributed by atoms with Crippen LogP contribution in [0, 0.1) is 30.1 Å². The minimum atomic E-state index is -0.361. The molecule has 2 atom stereocenters. The average Bonchev–Trinajstić information content (AvgIpc) is 3.39. The van der Waals surface area contributed by atoms with Crippen molar-refractivity contribution in [3.05, 3.63) is 58.1 Å². The van der Waals surface area contributed by atoms with E-state index >= 15 is 0 Å². The molecule has 3 rings (SSSR count). The molecule has 1 aliphatic rings. The first-order valence-corrected chi connectivity index (χ1v) is 8.66. The molecule has 0 radical (unpaired) electrons. The summed E-state index contributed by atoms with van der Waals surface area (Å²) in [6, 6.07) is 14.4. The summed E-state index contributed by atoms with van der Waals surface area (Å²) in [7, 11) is 0. The van der Waals surface area contributed by atoms with Crippen LogP contribution in [0.5, 0.6) is 0 Å². The maximum atomic E-state index is 12.3. The molecule has 2 amide bonds. The first-order valence-electron chi connectivity index (χ1n) is 7.86. The summed E-state index contributed by atoms with van der Waals surface area (Å²) < 4.78 is 0.920. The fourth-order valence-electron chi connectivity index (χ4n) is 2.60. The number of benzene rings is 2. The van der Waals surface area contributed by atoms with Crippen LogP contribution in [0.15, 0.2) is 46.9 Å². The molecular weight excluding hydrogens is 382 g/mol. The second-order valence-electron chi connectivity index (χ2n) is 6.05. The van der Waals surface area contributed by atoms with E-state index in [1.807, 2.05) is 31.2 Å². The minimum Gasteiger partial charge on any atom is -0.326 e. The number of carbonyl (C=O) groups excluding carboxylic acids is 2. The van der Waals surface area contributed by atoms with E-state index in [1.165, 1.54) is 0 Å². The Hall–Kier alpha value is -2.65. The van der Waals surface area contributed by atoms with Gasteiger partial charge in [0, 0.05) is 10.2 Å². The van der Waals surface area contributed by atoms with Crippen LogP contribution in [-0.4, -0.2) is 11.8 Å². The Bertz CT molecular complexity index is 888. The van der Waals surface area contributed by atoms with Crippen LogP contribution in [0.4, 0.5) is 11.4 Å². The van der Waals surface area contributed by atoms with E-state index in [-0.39, 0.29) is 23.7 Å². The van der Waals surface area contributed by atoms with Crippen molar-refractivity contribution in [3.63, 3.8) is 0 Å². The number of hydrogen-bond donors (Lipinski definition) is 2. The van der Waals surface area contributed by atoms with E-state index in [2.05, 4.69) is 26.6 Å². The lowest BCUT2D eigenvalue weighted by Gasteiger charge is -2.08. The molecule has 5 nitrogen and oxygen atoms in total. The van der Waals surface area contributed by atoms with Gasteiger partial charge in [0.25, 0.3) is 0 Å². The maximum absolute atomic E-state index is 12.3. The highest BCUT2D eigenvalue weighted by Crippen LogP contribution is 2.40. The van der Waals surface area contributed by atoms with Crippen LogP contribution in [0.3, 0.4) is 0 Å². The van der Waals surface area contributed by atoms with Crippen molar-refractivity contribution in [1.82, 2.24) is 0 Å². The molecule has 0 aliphatic heterocycles. The number of nitrogens with one attached hydrogen (secondary N) is 2. The third-order valence-corrected chi connectivity index (χ3v) is 5.06. The molecule has 0 heterocycles. The Morgan fingerprint density at radius 2 is 1.80 bits per heavy atom. The van der Waals surface area contributed by atoms with Gasteiger partial charge in [-0.3, -0.25) is 9.59 Å². The zero-order chi connectivity index (χ0) is 18.0. The molecular formula is C19H16BrN3O2. The Morgan fingerprint density at radius 1 is 1.12 bits per heavy atom. The van der Waals surface area contributed by atoms with E-state index in [4.69, 9.17) is 5.26 Å². The molecule has 2 aromatic carbocycles. The number of hydrogen-bond acceptors (Lipinski definition) is 3. The zero-order valence-electron chi connectivity index (χ0n) is 13.5. The van der Waals surface area contributed by atoms with Gasteiger partial charge in [-0.1, -0.05) is 34.1 Å². The van der Waals surface area contributed by atoms with Gasteiger partial charge in [0.05, 0.1) is 23.1 Å². The Balaban J connectivity index is 1.60. The summed E-state index contributed by atoms with van der Waals surface area (Å²) in [5.74, 6) is -1.09. The van der Waals surface area contributed by atoms with Gasteiger partial charge in [0.1, 0.15) is 6.07 Å². The molecule has 126 valence electrons. The van der Waals surface area contributed by atoms with Crippen LogP contribution in [-0.2, 0) is 9.59 Å². The number of aryl methyl sites for hydroxylation is 1. The summed E-state index contributed by atoms with van der Waals surface area (Å²) in [5, 5.41) is 14.6. The number of nitriles is 1. The van der Waals surface area contributed by atoms with Crippen LogP contribution in [0.25, 0.3) is 0 Å². The van der Waals surface area contributed by atoms with E-state index in [0.29, 0.717) is 23.4 Å². The first kappa shape index (κ1) is 17.2. The Morgan fingerprint density at radius 3 is 2.48 bits per heavy atom. The molecule has 0 bridgehead atoms. The summed E-state index contributed by atoms with van der Waals surface area (Å²) in [4.78, 5) is 24.6. The lowest BCUT2D eigenvalue weighted by molar-refractivity contribution is -0.122. The van der Waals surface area contributed by atoms with Crippen LogP contribution in [0.1, 0.15) is 17.5 Å². The normalized spacial score (nSPS) is 18.1. The highest BCUT2D eigenvalue weighted by Gasteiger charge is 2.48. The van der Waals surface area contributed by atoms with Crippen molar-refractivity contribution < 1.29 is 9.59 Å². The second-order valence-corrected chi connectivity index (χ2v) is 6.90.